The Balaban J connectivity index is -0.000000149. The summed E-state index contributed by atoms with van der Waals surface area (Å²) >= 11 is 0. The Bertz CT molecular complexity index is 46.6. The molecule has 62 valence electrons. The van der Waals surface area contributed by atoms with E-state index in [0.29, 0.717) is 0 Å². The van der Waals surface area contributed by atoms with Gasteiger partial charge in [-0.1, -0.05) is 0 Å². The van der Waals surface area contributed by atoms with E-state index < -0.39 is 8.38 Å². The van der Waals surface area contributed by atoms with Crippen LogP contribution < -0.4 is 0 Å². The van der Waals surface area contributed by atoms with Gasteiger partial charge in [-0.2, -0.15) is 0 Å². The standard InChI is InChI=1S/C4H11O2P.CHO.Mo/c1-4-7(5-2)6-3;1-2;/h4H2,1-3H3;1H;/q;-1;/p+1. The van der Waals surface area contributed by atoms with Gasteiger partial charge in [0.15, 0.2) is 0 Å². The minimum absolute atomic E-state index is 0. The molecule has 5 heteroatoms. The smallest absolute Gasteiger partial charge is 0.261 e. The number of hydrogen-bond acceptors (Lipinski definition) is 3. The zero-order valence-corrected chi connectivity index (χ0v) is 9.42. The van der Waals surface area contributed by atoms with Gasteiger partial charge in [-0.05, 0) is 6.92 Å². The van der Waals surface area contributed by atoms with Crippen LogP contribution in [0.15, 0.2) is 0 Å². The van der Waals surface area contributed by atoms with E-state index >= 15 is 0 Å². The zero-order valence-electron chi connectivity index (χ0n) is 6.42. The normalized spacial score (nSPS) is 7.60. The molecular weight excluding hydrogens is 235 g/mol. The molecule has 0 rings (SSSR count). The van der Waals surface area contributed by atoms with Gasteiger partial charge in [0.25, 0.3) is 8.38 Å². The van der Waals surface area contributed by atoms with Crippen molar-refractivity contribution < 1.29 is 34.9 Å². The van der Waals surface area contributed by atoms with Gasteiger partial charge in [-0.3, -0.25) is 6.79 Å². The van der Waals surface area contributed by atoms with Gasteiger partial charge in [0.05, 0.1) is 14.2 Å². The van der Waals surface area contributed by atoms with Crippen LogP contribution in [0.5, 0.6) is 0 Å². The Labute approximate surface area is 77.7 Å². The van der Waals surface area contributed by atoms with E-state index in [-0.39, 0.29) is 21.1 Å². The molecule has 0 atom stereocenters. The second-order valence-corrected chi connectivity index (χ2v) is 3.40. The fourth-order valence-corrected chi connectivity index (χ4v) is 1.12. The fourth-order valence-electron chi connectivity index (χ4n) is 0.372. The van der Waals surface area contributed by atoms with Crippen molar-refractivity contribution in [1.82, 2.24) is 0 Å². The largest absolute Gasteiger partial charge is 0.545 e. The Morgan fingerprint density at radius 1 is 1.30 bits per heavy atom. The van der Waals surface area contributed by atoms with E-state index in [1.807, 2.05) is 0 Å². The van der Waals surface area contributed by atoms with E-state index in [2.05, 4.69) is 13.7 Å². The Hall–Kier alpha value is 0.708. The maximum atomic E-state index is 7.75. The summed E-state index contributed by atoms with van der Waals surface area (Å²) in [7, 11) is 2.50. The summed E-state index contributed by atoms with van der Waals surface area (Å²) in [4.78, 5) is 7.75. The molecule has 0 aromatic carbocycles. The molecule has 0 saturated carbocycles. The van der Waals surface area contributed by atoms with E-state index in [1.165, 1.54) is 0 Å². The molecule has 0 unspecified atom stereocenters. The molecular formula is C5H13MoO3P. The summed E-state index contributed by atoms with van der Waals surface area (Å²) in [5.41, 5.74) is 0. The van der Waals surface area contributed by atoms with Crippen molar-refractivity contribution in [3.63, 3.8) is 0 Å². The molecule has 0 aromatic rings. The molecule has 0 aliphatic rings. The topological polar surface area (TPSA) is 35.5 Å². The first-order chi connectivity index (χ1) is 4.35. The van der Waals surface area contributed by atoms with Crippen molar-refractivity contribution in [2.24, 2.45) is 0 Å². The van der Waals surface area contributed by atoms with Crippen LogP contribution in [0, 0.1) is 0 Å². The third-order valence-electron chi connectivity index (χ3n) is 0.744. The van der Waals surface area contributed by atoms with Gasteiger partial charge in [0.1, 0.15) is 6.16 Å². The third kappa shape index (κ3) is 11.5. The Kier molecular flexibility index (Phi) is 27.8. The average Bonchev–Trinajstić information content (AvgIpc) is 1.96. The summed E-state index contributed by atoms with van der Waals surface area (Å²) in [6.45, 7) is 5.31. The first kappa shape index (κ1) is 17.0. The molecule has 0 saturated heterocycles. The van der Waals surface area contributed by atoms with Crippen molar-refractivity contribution in [3.05, 3.63) is 0 Å². The van der Waals surface area contributed by atoms with Crippen LogP contribution in [-0.4, -0.2) is 27.2 Å². The van der Waals surface area contributed by atoms with Crippen molar-refractivity contribution in [2.45, 2.75) is 6.92 Å². The van der Waals surface area contributed by atoms with Crippen LogP contribution in [0.3, 0.4) is 0 Å². The first-order valence-corrected chi connectivity index (χ1v) is 4.04. The molecule has 0 bridgehead atoms. The molecule has 0 heterocycles. The molecule has 0 aromatic heterocycles. The molecule has 0 aliphatic heterocycles. The zero-order chi connectivity index (χ0) is 7.70. The maximum absolute atomic E-state index is 7.75. The second kappa shape index (κ2) is 16.4. The Morgan fingerprint density at radius 2 is 1.60 bits per heavy atom. The maximum Gasteiger partial charge on any atom is 0.261 e. The average molecular weight is 248 g/mol. The monoisotopic (exact) mass is 250 g/mol. The van der Waals surface area contributed by atoms with Gasteiger partial charge >= 0.3 is 0 Å². The van der Waals surface area contributed by atoms with Gasteiger partial charge < -0.3 is 4.79 Å². The minimum atomic E-state index is -0.863. The molecule has 0 radical (unpaired) electrons. The number of rotatable bonds is 3. The van der Waals surface area contributed by atoms with Crippen LogP contribution in [0.2, 0.25) is 0 Å². The van der Waals surface area contributed by atoms with Crippen molar-refractivity contribution in [3.8, 4) is 0 Å². The summed E-state index contributed by atoms with van der Waals surface area (Å²) in [5.74, 6) is 0. The molecule has 0 fully saturated rings. The predicted molar refractivity (Wildman–Crippen MR) is 39.6 cm³/mol. The van der Waals surface area contributed by atoms with Crippen LogP contribution in [0.1, 0.15) is 6.92 Å². The van der Waals surface area contributed by atoms with Crippen LogP contribution in [0.25, 0.3) is 0 Å². The van der Waals surface area contributed by atoms with Crippen LogP contribution in [-0.2, 0) is 34.9 Å². The number of carbonyl (C=O) groups excluding carboxylic acids is 1. The van der Waals surface area contributed by atoms with E-state index in [1.54, 1.807) is 14.2 Å². The molecule has 10 heavy (non-hydrogen) atoms. The molecule has 0 aliphatic carbocycles. The molecule has 0 amide bonds. The molecule has 0 spiro atoms. The first-order valence-electron chi connectivity index (χ1n) is 2.52. The van der Waals surface area contributed by atoms with Crippen molar-refractivity contribution in [2.75, 3.05) is 20.4 Å². The second-order valence-electron chi connectivity index (χ2n) is 1.13. The van der Waals surface area contributed by atoms with Gasteiger partial charge in [0, 0.05) is 21.1 Å². The minimum Gasteiger partial charge on any atom is -0.545 e. The van der Waals surface area contributed by atoms with E-state index in [0.717, 1.165) is 6.16 Å². The summed E-state index contributed by atoms with van der Waals surface area (Å²) < 4.78 is 9.86. The predicted octanol–water partition coefficient (Wildman–Crippen LogP) is 1.07. The fraction of sp³-hybridized carbons (Fsp3) is 0.800. The SMILES string of the molecule is CC[PH+](OC)OC.[CH-]=O.[Mo]. The van der Waals surface area contributed by atoms with E-state index in [9.17, 15) is 0 Å². The van der Waals surface area contributed by atoms with E-state index in [4.69, 9.17) is 13.8 Å². The Morgan fingerprint density at radius 3 is 1.60 bits per heavy atom. The van der Waals surface area contributed by atoms with Gasteiger partial charge in [-0.25, -0.2) is 9.05 Å². The quantitative estimate of drug-likeness (QED) is 0.324. The van der Waals surface area contributed by atoms with Crippen molar-refractivity contribution in [1.29, 1.82) is 0 Å². The summed E-state index contributed by atoms with van der Waals surface area (Å²) in [6, 6.07) is 0. The van der Waals surface area contributed by atoms with Gasteiger partial charge in [0.2, 0.25) is 0 Å². The van der Waals surface area contributed by atoms with Gasteiger partial charge in [-0.15, -0.1) is 0 Å². The van der Waals surface area contributed by atoms with Crippen LogP contribution >= 0.6 is 8.38 Å². The number of hydrogen-bond donors (Lipinski definition) is 0. The van der Waals surface area contributed by atoms with Crippen LogP contribution in [0.4, 0.5) is 0 Å². The summed E-state index contributed by atoms with van der Waals surface area (Å²) in [5, 5.41) is 0. The van der Waals surface area contributed by atoms with Crippen molar-refractivity contribution >= 4 is 15.2 Å². The summed E-state index contributed by atoms with van der Waals surface area (Å²) in [6.07, 6.45) is 1.01. The third-order valence-corrected chi connectivity index (χ3v) is 2.23. The molecule has 0 N–H and O–H groups in total. The molecule has 3 nitrogen and oxygen atoms in total.